The van der Waals surface area contributed by atoms with E-state index in [2.05, 4.69) is 21.3 Å². The summed E-state index contributed by atoms with van der Waals surface area (Å²) in [6.07, 6.45) is 0.977. The van der Waals surface area contributed by atoms with Gasteiger partial charge in [0, 0.05) is 17.7 Å². The maximum Gasteiger partial charge on any atom is 0.238 e. The van der Waals surface area contributed by atoms with Crippen LogP contribution >= 0.6 is 12.2 Å². The molecule has 3 N–H and O–H groups in total. The lowest BCUT2D eigenvalue weighted by Gasteiger charge is -2.23. The van der Waals surface area contributed by atoms with Crippen LogP contribution in [-0.4, -0.2) is 26.3 Å². The molecule has 0 spiro atoms. The summed E-state index contributed by atoms with van der Waals surface area (Å²) < 4.78 is 1.92. The second-order valence-electron chi connectivity index (χ2n) is 7.27. The van der Waals surface area contributed by atoms with Crippen molar-refractivity contribution in [2.45, 2.75) is 53.0 Å². The van der Waals surface area contributed by atoms with E-state index in [9.17, 15) is 4.79 Å². The summed E-state index contributed by atoms with van der Waals surface area (Å²) in [5.41, 5.74) is 9.32. The minimum Gasteiger partial charge on any atom is -0.357 e. The third-order valence-corrected chi connectivity index (χ3v) is 4.05. The van der Waals surface area contributed by atoms with E-state index in [1.165, 1.54) is 0 Å². The van der Waals surface area contributed by atoms with Gasteiger partial charge in [-0.1, -0.05) is 18.2 Å². The summed E-state index contributed by atoms with van der Waals surface area (Å²) in [5, 5.41) is 8.09. The number of aryl methyl sites for hydroxylation is 1. The lowest BCUT2D eigenvalue weighted by atomic mass is 10.1. The van der Waals surface area contributed by atoms with Gasteiger partial charge in [0.05, 0.1) is 11.4 Å². The molecule has 0 fully saturated rings. The van der Waals surface area contributed by atoms with Gasteiger partial charge in [-0.3, -0.25) is 15.6 Å². The predicted molar refractivity (Wildman–Crippen MR) is 108 cm³/mol. The molecule has 1 aromatic carbocycles. The molecule has 1 heterocycles. The summed E-state index contributed by atoms with van der Waals surface area (Å²) in [4.78, 5) is 12.1. The maximum absolute atomic E-state index is 12.1. The third-order valence-electron chi connectivity index (χ3n) is 3.85. The van der Waals surface area contributed by atoms with Crippen LogP contribution in [0, 0.1) is 13.8 Å². The summed E-state index contributed by atoms with van der Waals surface area (Å²) in [7, 11) is 0. The van der Waals surface area contributed by atoms with Crippen LogP contribution in [-0.2, 0) is 11.2 Å². The van der Waals surface area contributed by atoms with Crippen molar-refractivity contribution in [2.24, 2.45) is 0 Å². The van der Waals surface area contributed by atoms with Crippen LogP contribution in [0.3, 0.4) is 0 Å². The zero-order chi connectivity index (χ0) is 19.3. The number of thiocarbonyl (C=S) groups is 1. The van der Waals surface area contributed by atoms with E-state index < -0.39 is 0 Å². The highest BCUT2D eigenvalue weighted by Crippen LogP contribution is 2.19. The summed E-state index contributed by atoms with van der Waals surface area (Å²) in [6.45, 7) is 10.00. The number of nitrogens with one attached hydrogen (secondary N) is 3. The van der Waals surface area contributed by atoms with Crippen molar-refractivity contribution in [3.63, 3.8) is 0 Å². The molecule has 0 saturated heterocycles. The van der Waals surface area contributed by atoms with Crippen molar-refractivity contribution in [2.75, 3.05) is 0 Å². The molecule has 0 bridgehead atoms. The summed E-state index contributed by atoms with van der Waals surface area (Å²) in [6, 6.07) is 9.98. The van der Waals surface area contributed by atoms with Crippen molar-refractivity contribution in [1.82, 2.24) is 25.9 Å². The standard InChI is InChI=1S/C19H27N5OS/c1-13-16(14(2)24(23-13)15-9-7-6-8-10-15)11-12-17(25)21-22-18(26)20-19(3,4)5/h6-10H,11-12H2,1-5H3,(H,21,25)(H2,20,22,26). The van der Waals surface area contributed by atoms with Crippen molar-refractivity contribution < 1.29 is 4.79 Å². The number of hydrogen-bond donors (Lipinski definition) is 3. The van der Waals surface area contributed by atoms with Gasteiger partial charge in [-0.05, 0) is 71.0 Å². The Balaban J connectivity index is 1.93. The molecule has 0 aliphatic rings. The maximum atomic E-state index is 12.1. The first-order chi connectivity index (χ1) is 12.2. The molecule has 2 rings (SSSR count). The first-order valence-electron chi connectivity index (χ1n) is 8.65. The number of nitrogens with zero attached hydrogens (tertiary/aromatic N) is 2. The van der Waals surface area contributed by atoms with Crippen LogP contribution in [0.15, 0.2) is 30.3 Å². The van der Waals surface area contributed by atoms with Crippen LogP contribution < -0.4 is 16.2 Å². The molecule has 0 aliphatic carbocycles. The smallest absolute Gasteiger partial charge is 0.238 e. The normalized spacial score (nSPS) is 11.1. The van der Waals surface area contributed by atoms with Gasteiger partial charge in [-0.15, -0.1) is 0 Å². The van der Waals surface area contributed by atoms with Crippen LogP contribution in [0.4, 0.5) is 0 Å². The molecule has 0 atom stereocenters. The Morgan fingerprint density at radius 1 is 1.15 bits per heavy atom. The molecule has 6 nitrogen and oxygen atoms in total. The molecule has 0 unspecified atom stereocenters. The number of hydrogen-bond acceptors (Lipinski definition) is 3. The van der Waals surface area contributed by atoms with Gasteiger partial charge < -0.3 is 5.32 Å². The number of para-hydroxylation sites is 1. The monoisotopic (exact) mass is 373 g/mol. The lowest BCUT2D eigenvalue weighted by molar-refractivity contribution is -0.121. The summed E-state index contributed by atoms with van der Waals surface area (Å²) >= 11 is 5.15. The van der Waals surface area contributed by atoms with Crippen LogP contribution in [0.1, 0.15) is 44.1 Å². The predicted octanol–water partition coefficient (Wildman–Crippen LogP) is 2.72. The Morgan fingerprint density at radius 2 is 1.81 bits per heavy atom. The van der Waals surface area contributed by atoms with Gasteiger partial charge in [0.2, 0.25) is 5.91 Å². The fourth-order valence-corrected chi connectivity index (χ4v) is 3.01. The van der Waals surface area contributed by atoms with E-state index >= 15 is 0 Å². The summed E-state index contributed by atoms with van der Waals surface area (Å²) in [5.74, 6) is -0.116. The van der Waals surface area contributed by atoms with E-state index in [1.54, 1.807) is 0 Å². The topological polar surface area (TPSA) is 71.0 Å². The number of benzene rings is 1. The fourth-order valence-electron chi connectivity index (χ4n) is 2.66. The number of aromatic nitrogens is 2. The fraction of sp³-hybridized carbons (Fsp3) is 0.421. The number of hydrazine groups is 1. The third kappa shape index (κ3) is 5.56. The molecule has 1 aromatic heterocycles. The Labute approximate surface area is 160 Å². The van der Waals surface area contributed by atoms with Gasteiger partial charge in [-0.25, -0.2) is 4.68 Å². The lowest BCUT2D eigenvalue weighted by Crippen LogP contribution is -2.52. The van der Waals surface area contributed by atoms with Gasteiger partial charge in [0.1, 0.15) is 0 Å². The number of rotatable bonds is 4. The molecule has 26 heavy (non-hydrogen) atoms. The highest BCUT2D eigenvalue weighted by Gasteiger charge is 2.15. The molecule has 0 saturated carbocycles. The molecule has 7 heteroatoms. The Hall–Kier alpha value is -2.41. The molecule has 0 aliphatic heterocycles. The van der Waals surface area contributed by atoms with Gasteiger partial charge in [0.25, 0.3) is 0 Å². The molecular weight excluding hydrogens is 346 g/mol. The molecule has 1 amide bonds. The van der Waals surface area contributed by atoms with E-state index in [4.69, 9.17) is 12.2 Å². The average Bonchev–Trinajstić information content (AvgIpc) is 2.85. The zero-order valence-corrected chi connectivity index (χ0v) is 16.8. The first kappa shape index (κ1) is 19.9. The van der Waals surface area contributed by atoms with Crippen LogP contribution in [0.25, 0.3) is 5.69 Å². The zero-order valence-electron chi connectivity index (χ0n) is 16.0. The van der Waals surface area contributed by atoms with E-state index in [1.807, 2.05) is 69.6 Å². The van der Waals surface area contributed by atoms with Crippen molar-refractivity contribution in [3.8, 4) is 5.69 Å². The Bertz CT molecular complexity index is 777. The SMILES string of the molecule is Cc1nn(-c2ccccc2)c(C)c1CCC(=O)NNC(=S)NC(C)(C)C. The van der Waals surface area contributed by atoms with Gasteiger partial charge in [0.15, 0.2) is 5.11 Å². The highest BCUT2D eigenvalue weighted by atomic mass is 32.1. The van der Waals surface area contributed by atoms with Crippen LogP contribution in [0.5, 0.6) is 0 Å². The number of carbonyl (C=O) groups is 1. The van der Waals surface area contributed by atoms with E-state index in [0.717, 1.165) is 22.6 Å². The van der Waals surface area contributed by atoms with Gasteiger partial charge >= 0.3 is 0 Å². The highest BCUT2D eigenvalue weighted by molar-refractivity contribution is 7.80. The largest absolute Gasteiger partial charge is 0.357 e. The van der Waals surface area contributed by atoms with E-state index in [0.29, 0.717) is 18.0 Å². The number of carbonyl (C=O) groups excluding carboxylic acids is 1. The van der Waals surface area contributed by atoms with Crippen molar-refractivity contribution in [3.05, 3.63) is 47.3 Å². The molecular formula is C19H27N5OS. The second kappa shape index (κ2) is 8.31. The first-order valence-corrected chi connectivity index (χ1v) is 9.06. The van der Waals surface area contributed by atoms with Gasteiger partial charge in [-0.2, -0.15) is 5.10 Å². The van der Waals surface area contributed by atoms with Crippen molar-refractivity contribution in [1.29, 1.82) is 0 Å². The average molecular weight is 374 g/mol. The molecule has 140 valence electrons. The number of amides is 1. The van der Waals surface area contributed by atoms with Crippen molar-refractivity contribution >= 4 is 23.2 Å². The second-order valence-corrected chi connectivity index (χ2v) is 7.68. The molecule has 2 aromatic rings. The molecule has 0 radical (unpaired) electrons. The quantitative estimate of drug-likeness (QED) is 0.568. The minimum absolute atomic E-state index is 0.116. The minimum atomic E-state index is -0.158. The van der Waals surface area contributed by atoms with Crippen LogP contribution in [0.2, 0.25) is 0 Å². The Kier molecular flexibility index (Phi) is 6.37. The Morgan fingerprint density at radius 3 is 2.42 bits per heavy atom. The van der Waals surface area contributed by atoms with E-state index in [-0.39, 0.29) is 11.4 Å².